The quantitative estimate of drug-likeness (QED) is 0.535. The van der Waals surface area contributed by atoms with Crippen LogP contribution in [0.3, 0.4) is 0 Å². The molecule has 2 aromatic heterocycles. The van der Waals surface area contributed by atoms with Gasteiger partial charge in [-0.1, -0.05) is 11.6 Å². The summed E-state index contributed by atoms with van der Waals surface area (Å²) in [6.45, 7) is 4.10. The molecule has 0 atom stereocenters. The van der Waals surface area contributed by atoms with Gasteiger partial charge in [-0.2, -0.15) is 4.98 Å². The molecule has 0 saturated carbocycles. The van der Waals surface area contributed by atoms with Crippen LogP contribution < -0.4 is 9.80 Å². The summed E-state index contributed by atoms with van der Waals surface area (Å²) in [5.41, 5.74) is 8.50. The molecule has 0 N–H and O–H groups in total. The van der Waals surface area contributed by atoms with E-state index in [-0.39, 0.29) is 0 Å². The lowest BCUT2D eigenvalue weighted by Crippen LogP contribution is -2.31. The van der Waals surface area contributed by atoms with Crippen LogP contribution in [0.2, 0.25) is 0 Å². The highest BCUT2D eigenvalue weighted by Gasteiger charge is 2.23. The Kier molecular flexibility index (Phi) is 3.47. The molecule has 0 saturated heterocycles. The molecule has 5 nitrogen and oxygen atoms in total. The molecule has 138 valence electrons. The first-order valence-electron chi connectivity index (χ1n) is 9.41. The first-order valence-corrected chi connectivity index (χ1v) is 9.41. The third kappa shape index (κ3) is 2.49. The molecule has 0 radical (unpaired) electrons. The maximum Gasteiger partial charge on any atom is 0.297 e. The fourth-order valence-corrected chi connectivity index (χ4v) is 4.18. The Bertz CT molecular complexity index is 1170. The Morgan fingerprint density at radius 1 is 1.11 bits per heavy atom. The average Bonchev–Trinajstić information content (AvgIpc) is 3.21. The van der Waals surface area contributed by atoms with Gasteiger partial charge in [-0.25, -0.2) is 0 Å². The Labute approximate surface area is 158 Å². The fraction of sp³-hybridized carbons (Fsp3) is 0.318. The normalized spacial score (nSPS) is 14.1. The molecule has 0 fully saturated rings. The molecular formula is C22H24N4O. The second-order valence-electron chi connectivity index (χ2n) is 7.72. The lowest BCUT2D eigenvalue weighted by molar-refractivity contribution is 0.596. The summed E-state index contributed by atoms with van der Waals surface area (Å²) in [6.07, 6.45) is 1.06. The van der Waals surface area contributed by atoms with Gasteiger partial charge in [-0.05, 0) is 43.2 Å². The summed E-state index contributed by atoms with van der Waals surface area (Å²) in [4.78, 5) is 8.85. The first-order chi connectivity index (χ1) is 13.0. The number of aryl methyl sites for hydroxylation is 2. The lowest BCUT2D eigenvalue weighted by Gasteiger charge is -2.30. The number of oxazole rings is 1. The monoisotopic (exact) mass is 360 g/mol. The number of fused-ring (bicyclic) bond motifs is 4. The summed E-state index contributed by atoms with van der Waals surface area (Å²) in [5.74, 6) is 0. The number of benzene rings is 2. The van der Waals surface area contributed by atoms with E-state index in [9.17, 15) is 0 Å². The minimum Gasteiger partial charge on any atom is -0.423 e. The van der Waals surface area contributed by atoms with E-state index in [1.807, 2.05) is 19.0 Å². The van der Waals surface area contributed by atoms with Crippen LogP contribution in [0.15, 0.2) is 40.8 Å². The maximum absolute atomic E-state index is 5.90. The molecule has 0 aliphatic carbocycles. The van der Waals surface area contributed by atoms with E-state index in [2.05, 4.69) is 64.8 Å². The van der Waals surface area contributed by atoms with Crippen LogP contribution in [-0.4, -0.2) is 30.2 Å². The smallest absolute Gasteiger partial charge is 0.297 e. The van der Waals surface area contributed by atoms with Crippen molar-refractivity contribution in [3.8, 4) is 0 Å². The van der Waals surface area contributed by atoms with E-state index in [1.165, 1.54) is 33.4 Å². The van der Waals surface area contributed by atoms with Gasteiger partial charge in [0.05, 0.1) is 6.54 Å². The molecule has 5 heteroatoms. The van der Waals surface area contributed by atoms with Crippen molar-refractivity contribution in [2.24, 2.45) is 7.05 Å². The van der Waals surface area contributed by atoms with E-state index in [1.54, 1.807) is 0 Å². The van der Waals surface area contributed by atoms with Crippen LogP contribution in [0.5, 0.6) is 0 Å². The Morgan fingerprint density at radius 2 is 1.96 bits per heavy atom. The van der Waals surface area contributed by atoms with E-state index < -0.39 is 0 Å². The van der Waals surface area contributed by atoms with Gasteiger partial charge in [0.1, 0.15) is 5.52 Å². The van der Waals surface area contributed by atoms with Gasteiger partial charge in [-0.3, -0.25) is 0 Å². The standard InChI is InChI=1S/C22H24N4O/c1-14-5-8-19-17(11-14)16-9-10-26(13-20(16)25(19)4)15-6-7-18-21(12-15)27-22(23-18)24(2)3/h5-8,11-12H,9-10,13H2,1-4H3. The van der Waals surface area contributed by atoms with Crippen molar-refractivity contribution >= 4 is 33.7 Å². The van der Waals surface area contributed by atoms with Crippen LogP contribution in [0, 0.1) is 6.92 Å². The molecule has 1 aliphatic rings. The first kappa shape index (κ1) is 16.2. The number of hydrogen-bond acceptors (Lipinski definition) is 4. The van der Waals surface area contributed by atoms with Gasteiger partial charge < -0.3 is 18.8 Å². The third-order valence-corrected chi connectivity index (χ3v) is 5.67. The molecular weight excluding hydrogens is 336 g/mol. The zero-order valence-corrected chi connectivity index (χ0v) is 16.3. The summed E-state index contributed by atoms with van der Waals surface area (Å²) >= 11 is 0. The number of rotatable bonds is 2. The SMILES string of the molecule is Cc1ccc2c(c1)c1c(n2C)CN(c2ccc3nc(N(C)C)oc3c2)CC1. The van der Waals surface area contributed by atoms with Crippen molar-refractivity contribution in [3.05, 3.63) is 53.2 Å². The highest BCUT2D eigenvalue weighted by Crippen LogP contribution is 2.34. The van der Waals surface area contributed by atoms with Crippen molar-refractivity contribution in [1.29, 1.82) is 0 Å². The predicted octanol–water partition coefficient (Wildman–Crippen LogP) is 4.26. The van der Waals surface area contributed by atoms with Gasteiger partial charge >= 0.3 is 0 Å². The Morgan fingerprint density at radius 3 is 2.78 bits per heavy atom. The highest BCUT2D eigenvalue weighted by atomic mass is 16.4. The number of anilines is 2. The van der Waals surface area contributed by atoms with E-state index in [0.717, 1.165) is 30.6 Å². The second kappa shape index (κ2) is 5.78. The van der Waals surface area contributed by atoms with Gasteiger partial charge in [0, 0.05) is 56.0 Å². The van der Waals surface area contributed by atoms with Crippen molar-refractivity contribution < 1.29 is 4.42 Å². The van der Waals surface area contributed by atoms with Crippen LogP contribution in [0.4, 0.5) is 11.7 Å². The summed E-state index contributed by atoms with van der Waals surface area (Å²) < 4.78 is 8.25. The molecule has 1 aliphatic heterocycles. The Hall–Kier alpha value is -2.95. The van der Waals surface area contributed by atoms with E-state index >= 15 is 0 Å². The molecule has 3 heterocycles. The third-order valence-electron chi connectivity index (χ3n) is 5.67. The van der Waals surface area contributed by atoms with Crippen molar-refractivity contribution in [2.45, 2.75) is 19.9 Å². The van der Waals surface area contributed by atoms with Crippen LogP contribution >= 0.6 is 0 Å². The molecule has 0 bridgehead atoms. The van der Waals surface area contributed by atoms with Gasteiger partial charge in [-0.15, -0.1) is 0 Å². The largest absolute Gasteiger partial charge is 0.423 e. The van der Waals surface area contributed by atoms with E-state index in [4.69, 9.17) is 4.42 Å². The molecule has 27 heavy (non-hydrogen) atoms. The zero-order valence-electron chi connectivity index (χ0n) is 16.3. The van der Waals surface area contributed by atoms with Crippen molar-refractivity contribution in [3.63, 3.8) is 0 Å². The number of aromatic nitrogens is 2. The average molecular weight is 360 g/mol. The molecule has 0 spiro atoms. The molecule has 0 unspecified atom stereocenters. The summed E-state index contributed by atoms with van der Waals surface area (Å²) in [7, 11) is 6.07. The minimum absolute atomic E-state index is 0.645. The van der Waals surface area contributed by atoms with E-state index in [0.29, 0.717) is 6.01 Å². The summed E-state index contributed by atoms with van der Waals surface area (Å²) in [6, 6.07) is 13.7. The number of nitrogens with zero attached hydrogens (tertiary/aromatic N) is 4. The second-order valence-corrected chi connectivity index (χ2v) is 7.72. The summed E-state index contributed by atoms with van der Waals surface area (Å²) in [5, 5.41) is 1.41. The van der Waals surface area contributed by atoms with Crippen molar-refractivity contribution in [1.82, 2.24) is 9.55 Å². The van der Waals surface area contributed by atoms with Gasteiger partial charge in [0.25, 0.3) is 6.01 Å². The molecule has 5 rings (SSSR count). The number of hydrogen-bond donors (Lipinski definition) is 0. The van der Waals surface area contributed by atoms with Gasteiger partial charge in [0.2, 0.25) is 0 Å². The minimum atomic E-state index is 0.645. The maximum atomic E-state index is 5.90. The lowest BCUT2D eigenvalue weighted by atomic mass is 10.0. The van der Waals surface area contributed by atoms with Crippen LogP contribution in [-0.2, 0) is 20.0 Å². The van der Waals surface area contributed by atoms with Crippen molar-refractivity contribution in [2.75, 3.05) is 30.4 Å². The molecule has 4 aromatic rings. The highest BCUT2D eigenvalue weighted by molar-refractivity contribution is 5.87. The predicted molar refractivity (Wildman–Crippen MR) is 111 cm³/mol. The van der Waals surface area contributed by atoms with Crippen LogP contribution in [0.1, 0.15) is 16.8 Å². The Balaban J connectivity index is 1.53. The molecule has 2 aromatic carbocycles. The molecule has 0 amide bonds. The van der Waals surface area contributed by atoms with Crippen LogP contribution in [0.25, 0.3) is 22.0 Å². The zero-order chi connectivity index (χ0) is 18.7. The van der Waals surface area contributed by atoms with Gasteiger partial charge in [0.15, 0.2) is 5.58 Å². The topological polar surface area (TPSA) is 37.4 Å². The fourth-order valence-electron chi connectivity index (χ4n) is 4.18.